The molecule has 0 bridgehead atoms. The number of nitrogens with two attached hydrogens (primary N) is 1. The van der Waals surface area contributed by atoms with Gasteiger partial charge in [0, 0.05) is 12.1 Å². The lowest BCUT2D eigenvalue weighted by Gasteiger charge is -2.07. The predicted molar refractivity (Wildman–Crippen MR) is 56.8 cm³/mol. The number of carbonyl (C=O) groups is 1. The number of methoxy groups -OCH3 is 1. The molecule has 0 aliphatic carbocycles. The first-order chi connectivity index (χ1) is 6.63. The Morgan fingerprint density at radius 2 is 2.33 bits per heavy atom. The molecule has 1 heterocycles. The smallest absolute Gasteiger partial charge is 0.323 e. The van der Waals surface area contributed by atoms with Crippen LogP contribution in [0.4, 0.5) is 0 Å². The fourth-order valence-corrected chi connectivity index (χ4v) is 0.997. The Morgan fingerprint density at radius 3 is 2.80 bits per heavy atom. The van der Waals surface area contributed by atoms with Crippen LogP contribution in [0.5, 0.6) is 5.75 Å². The molecule has 0 fully saturated rings. The summed E-state index contributed by atoms with van der Waals surface area (Å²) in [5.74, 6) is -0.389. The molecule has 1 atom stereocenters. The van der Waals surface area contributed by atoms with Gasteiger partial charge in [0.05, 0.1) is 13.3 Å². The molecule has 0 saturated carbocycles. The average molecular weight is 233 g/mol. The Bertz CT molecular complexity index is 316. The maximum atomic E-state index is 11.0. The maximum Gasteiger partial charge on any atom is 0.323 e. The fourth-order valence-electron chi connectivity index (χ4n) is 0.997. The topological polar surface area (TPSA) is 85.4 Å². The Labute approximate surface area is 93.7 Å². The molecule has 1 aromatic heterocycles. The van der Waals surface area contributed by atoms with Crippen LogP contribution >= 0.6 is 12.4 Å². The molecular weight excluding hydrogens is 220 g/mol. The van der Waals surface area contributed by atoms with Crippen molar-refractivity contribution in [2.75, 3.05) is 7.11 Å². The van der Waals surface area contributed by atoms with Gasteiger partial charge in [0.1, 0.15) is 11.8 Å². The van der Waals surface area contributed by atoms with Gasteiger partial charge in [-0.3, -0.25) is 9.78 Å². The minimum atomic E-state index is -0.711. The van der Waals surface area contributed by atoms with E-state index in [1.54, 1.807) is 6.07 Å². The van der Waals surface area contributed by atoms with Crippen LogP contribution < -0.4 is 5.73 Å². The molecule has 0 spiro atoms. The lowest BCUT2D eigenvalue weighted by Crippen LogP contribution is -2.33. The average Bonchev–Trinajstić information content (AvgIpc) is 2.20. The van der Waals surface area contributed by atoms with Crippen LogP contribution in [0.15, 0.2) is 18.3 Å². The molecule has 1 aromatic rings. The van der Waals surface area contributed by atoms with Gasteiger partial charge in [-0.2, -0.15) is 0 Å². The summed E-state index contributed by atoms with van der Waals surface area (Å²) in [6.07, 6.45) is 1.60. The molecule has 0 aliphatic heterocycles. The van der Waals surface area contributed by atoms with E-state index in [2.05, 4.69) is 9.72 Å². The van der Waals surface area contributed by atoms with Crippen LogP contribution in [-0.2, 0) is 16.0 Å². The van der Waals surface area contributed by atoms with Crippen molar-refractivity contribution >= 4 is 18.4 Å². The first-order valence-electron chi connectivity index (χ1n) is 4.11. The number of esters is 1. The molecule has 15 heavy (non-hydrogen) atoms. The minimum absolute atomic E-state index is 0. The number of aromatic hydroxyl groups is 1. The Morgan fingerprint density at radius 1 is 1.67 bits per heavy atom. The number of hydrogen-bond acceptors (Lipinski definition) is 5. The molecule has 6 heteroatoms. The monoisotopic (exact) mass is 232 g/mol. The third-order valence-electron chi connectivity index (χ3n) is 1.74. The molecular formula is C9H13ClN2O3. The SMILES string of the molecule is COC(=O)[C@@H](N)Cc1ccc(O)cn1.Cl. The summed E-state index contributed by atoms with van der Waals surface area (Å²) in [7, 11) is 1.28. The van der Waals surface area contributed by atoms with Crippen molar-refractivity contribution in [3.05, 3.63) is 24.0 Å². The first kappa shape index (κ1) is 13.7. The summed E-state index contributed by atoms with van der Waals surface area (Å²) in [5, 5.41) is 8.96. The van der Waals surface area contributed by atoms with Crippen LogP contribution in [-0.4, -0.2) is 29.2 Å². The van der Waals surface area contributed by atoms with E-state index in [9.17, 15) is 4.79 Å². The lowest BCUT2D eigenvalue weighted by molar-refractivity contribution is -0.142. The van der Waals surface area contributed by atoms with Crippen LogP contribution in [0.25, 0.3) is 0 Å². The van der Waals surface area contributed by atoms with Crippen molar-refractivity contribution in [1.29, 1.82) is 0 Å². The zero-order valence-electron chi connectivity index (χ0n) is 8.21. The number of pyridine rings is 1. The van der Waals surface area contributed by atoms with E-state index in [4.69, 9.17) is 10.8 Å². The first-order valence-corrected chi connectivity index (χ1v) is 4.11. The van der Waals surface area contributed by atoms with E-state index < -0.39 is 12.0 Å². The molecule has 0 aromatic carbocycles. The highest BCUT2D eigenvalue weighted by Gasteiger charge is 2.14. The number of halogens is 1. The number of rotatable bonds is 3. The second-order valence-corrected chi connectivity index (χ2v) is 2.84. The summed E-state index contributed by atoms with van der Waals surface area (Å²) in [5.41, 5.74) is 6.16. The van der Waals surface area contributed by atoms with Crippen molar-refractivity contribution in [3.63, 3.8) is 0 Å². The highest BCUT2D eigenvalue weighted by molar-refractivity contribution is 5.85. The largest absolute Gasteiger partial charge is 0.506 e. The molecule has 0 aliphatic rings. The van der Waals surface area contributed by atoms with Crippen LogP contribution in [0.3, 0.4) is 0 Å². The van der Waals surface area contributed by atoms with Crippen LogP contribution in [0, 0.1) is 0 Å². The summed E-state index contributed by atoms with van der Waals surface area (Å²) < 4.78 is 4.47. The molecule has 3 N–H and O–H groups in total. The Hall–Kier alpha value is -1.33. The normalized spacial score (nSPS) is 11.3. The number of aromatic nitrogens is 1. The molecule has 5 nitrogen and oxygen atoms in total. The summed E-state index contributed by atoms with van der Waals surface area (Å²) >= 11 is 0. The van der Waals surface area contributed by atoms with Crippen molar-refractivity contribution in [1.82, 2.24) is 4.98 Å². The molecule has 84 valence electrons. The molecule has 0 unspecified atom stereocenters. The van der Waals surface area contributed by atoms with Crippen molar-refractivity contribution in [3.8, 4) is 5.75 Å². The van der Waals surface area contributed by atoms with Gasteiger partial charge in [0.2, 0.25) is 0 Å². The lowest BCUT2D eigenvalue weighted by atomic mass is 10.1. The van der Waals surface area contributed by atoms with E-state index in [1.165, 1.54) is 19.4 Å². The van der Waals surface area contributed by atoms with Gasteiger partial charge in [-0.15, -0.1) is 12.4 Å². The predicted octanol–water partition coefficient (Wildman–Crippen LogP) is 0.252. The molecule has 0 amide bonds. The zero-order valence-corrected chi connectivity index (χ0v) is 9.03. The zero-order chi connectivity index (χ0) is 10.6. The third kappa shape index (κ3) is 4.14. The van der Waals surface area contributed by atoms with Crippen LogP contribution in [0.2, 0.25) is 0 Å². The Kier molecular flexibility index (Phi) is 5.66. The molecule has 0 saturated heterocycles. The number of hydrogen-bond donors (Lipinski definition) is 2. The van der Waals surface area contributed by atoms with Gasteiger partial charge >= 0.3 is 5.97 Å². The van der Waals surface area contributed by atoms with Gasteiger partial charge in [-0.1, -0.05) is 0 Å². The highest BCUT2D eigenvalue weighted by Crippen LogP contribution is 2.07. The third-order valence-corrected chi connectivity index (χ3v) is 1.74. The van der Waals surface area contributed by atoms with Crippen LogP contribution in [0.1, 0.15) is 5.69 Å². The number of carbonyl (C=O) groups excluding carboxylic acids is 1. The van der Waals surface area contributed by atoms with E-state index in [0.29, 0.717) is 12.1 Å². The van der Waals surface area contributed by atoms with Crippen molar-refractivity contribution in [2.45, 2.75) is 12.5 Å². The standard InChI is InChI=1S/C9H12N2O3.ClH/c1-14-9(13)8(10)4-6-2-3-7(12)5-11-6;/h2-3,5,8,12H,4,10H2,1H3;1H/t8-;/m0./s1. The van der Waals surface area contributed by atoms with E-state index in [0.717, 1.165) is 0 Å². The van der Waals surface area contributed by atoms with Gasteiger partial charge < -0.3 is 15.6 Å². The number of nitrogens with zero attached hydrogens (tertiary/aromatic N) is 1. The second-order valence-electron chi connectivity index (χ2n) is 2.84. The van der Waals surface area contributed by atoms with E-state index in [-0.39, 0.29) is 18.2 Å². The van der Waals surface area contributed by atoms with Crippen molar-refractivity contribution < 1.29 is 14.6 Å². The molecule has 0 radical (unpaired) electrons. The van der Waals surface area contributed by atoms with E-state index >= 15 is 0 Å². The van der Waals surface area contributed by atoms with Gasteiger partial charge in [-0.05, 0) is 12.1 Å². The summed E-state index contributed by atoms with van der Waals surface area (Å²) in [6.45, 7) is 0. The fraction of sp³-hybridized carbons (Fsp3) is 0.333. The Balaban J connectivity index is 0.00000196. The summed E-state index contributed by atoms with van der Waals surface area (Å²) in [4.78, 5) is 14.9. The van der Waals surface area contributed by atoms with Gasteiger partial charge in [0.25, 0.3) is 0 Å². The second kappa shape index (κ2) is 6.21. The maximum absolute atomic E-state index is 11.0. The van der Waals surface area contributed by atoms with Crippen molar-refractivity contribution in [2.24, 2.45) is 5.73 Å². The highest BCUT2D eigenvalue weighted by atomic mass is 35.5. The quantitative estimate of drug-likeness (QED) is 0.730. The van der Waals surface area contributed by atoms with Gasteiger partial charge in [-0.25, -0.2) is 0 Å². The number of ether oxygens (including phenoxy) is 1. The van der Waals surface area contributed by atoms with E-state index in [1.807, 2.05) is 0 Å². The summed E-state index contributed by atoms with van der Waals surface area (Å²) in [6, 6.07) is 2.39. The minimum Gasteiger partial charge on any atom is -0.506 e. The van der Waals surface area contributed by atoms with Gasteiger partial charge in [0.15, 0.2) is 0 Å². The molecule has 1 rings (SSSR count).